The Morgan fingerprint density at radius 2 is 1.74 bits per heavy atom. The van der Waals surface area contributed by atoms with E-state index in [0.717, 1.165) is 42.4 Å². The molecule has 4 saturated carbocycles. The molecule has 0 heterocycles. The van der Waals surface area contributed by atoms with E-state index in [4.69, 9.17) is 16.3 Å². The lowest BCUT2D eigenvalue weighted by Gasteiger charge is -2.60. The molecular formula is C29H48ClNO3. The zero-order valence-corrected chi connectivity index (χ0v) is 22.8. The maximum atomic E-state index is 12.6. The number of ether oxygens (including phenoxy) is 1. The maximum absolute atomic E-state index is 12.6. The lowest BCUT2D eigenvalue weighted by Crippen LogP contribution is -2.52. The zero-order valence-electron chi connectivity index (χ0n) is 22.0. The fourth-order valence-electron chi connectivity index (χ4n) is 9.27. The van der Waals surface area contributed by atoms with E-state index in [1.165, 1.54) is 64.2 Å². The number of amides is 1. The Labute approximate surface area is 212 Å². The van der Waals surface area contributed by atoms with Crippen molar-refractivity contribution in [2.45, 2.75) is 117 Å². The van der Waals surface area contributed by atoms with Gasteiger partial charge in [0.05, 0.1) is 0 Å². The molecule has 6 unspecified atom stereocenters. The van der Waals surface area contributed by atoms with Gasteiger partial charge < -0.3 is 10.1 Å². The highest BCUT2D eigenvalue weighted by Crippen LogP contribution is 2.67. The van der Waals surface area contributed by atoms with Gasteiger partial charge in [-0.15, -0.1) is 0 Å². The van der Waals surface area contributed by atoms with Crippen LogP contribution in [0.3, 0.4) is 0 Å². The summed E-state index contributed by atoms with van der Waals surface area (Å²) < 4.78 is 4.92. The van der Waals surface area contributed by atoms with Gasteiger partial charge in [0.15, 0.2) is 6.07 Å². The molecule has 5 heteroatoms. The molecule has 0 saturated heterocycles. The predicted molar refractivity (Wildman–Crippen MR) is 137 cm³/mol. The van der Waals surface area contributed by atoms with Crippen molar-refractivity contribution in [1.82, 2.24) is 5.32 Å². The molecule has 1 amide bonds. The first-order chi connectivity index (χ1) is 16.2. The van der Waals surface area contributed by atoms with Crippen LogP contribution in [0, 0.1) is 46.3 Å². The van der Waals surface area contributed by atoms with Gasteiger partial charge in [0.2, 0.25) is 5.91 Å². The van der Waals surface area contributed by atoms with E-state index in [0.29, 0.717) is 17.3 Å². The van der Waals surface area contributed by atoms with Crippen LogP contribution in [0.2, 0.25) is 0 Å². The van der Waals surface area contributed by atoms with E-state index in [9.17, 15) is 9.59 Å². The summed E-state index contributed by atoms with van der Waals surface area (Å²) in [4.78, 5) is 24.7. The number of halogens is 1. The first kappa shape index (κ1) is 26.3. The van der Waals surface area contributed by atoms with Crippen LogP contribution in [0.25, 0.3) is 0 Å². The molecule has 0 bridgehead atoms. The van der Waals surface area contributed by atoms with Gasteiger partial charge in [0.1, 0.15) is 6.04 Å². The molecule has 0 aromatic rings. The zero-order chi connectivity index (χ0) is 24.5. The summed E-state index contributed by atoms with van der Waals surface area (Å²) in [5, 5.41) is 2.89. The summed E-state index contributed by atoms with van der Waals surface area (Å²) in [5.74, 6) is 4.00. The molecule has 4 aliphatic rings. The molecule has 194 valence electrons. The van der Waals surface area contributed by atoms with Crippen LogP contribution in [0.4, 0.5) is 0 Å². The van der Waals surface area contributed by atoms with Crippen molar-refractivity contribution in [2.24, 2.45) is 46.3 Å². The van der Waals surface area contributed by atoms with Crippen LogP contribution in [0.15, 0.2) is 0 Å². The summed E-state index contributed by atoms with van der Waals surface area (Å²) in [6.07, 6.45) is 16.9. The smallest absolute Gasteiger partial charge is 0.330 e. The van der Waals surface area contributed by atoms with E-state index in [1.807, 2.05) is 13.8 Å². The summed E-state index contributed by atoms with van der Waals surface area (Å²) in [5.41, 5.74) is 1.07. The van der Waals surface area contributed by atoms with E-state index >= 15 is 0 Å². The minimum atomic E-state index is -0.619. The van der Waals surface area contributed by atoms with Gasteiger partial charge in [-0.3, -0.25) is 4.79 Å². The molecule has 8 atom stereocenters. The van der Waals surface area contributed by atoms with Gasteiger partial charge in [-0.1, -0.05) is 52.1 Å². The second kappa shape index (κ2) is 10.7. The maximum Gasteiger partial charge on any atom is 0.330 e. The predicted octanol–water partition coefficient (Wildman–Crippen LogP) is 7.09. The summed E-state index contributed by atoms with van der Waals surface area (Å²) in [6, 6.07) is -0.799. The monoisotopic (exact) mass is 493 g/mol. The Bertz CT molecular complexity index is 741. The van der Waals surface area contributed by atoms with Crippen molar-refractivity contribution < 1.29 is 14.3 Å². The second-order valence-corrected chi connectivity index (χ2v) is 13.2. The Balaban J connectivity index is 1.31. The number of hydrogen-bond acceptors (Lipinski definition) is 3. The lowest BCUT2D eigenvalue weighted by atomic mass is 9.45. The number of alkyl halides is 1. The molecule has 0 spiro atoms. The van der Waals surface area contributed by atoms with Gasteiger partial charge in [0, 0.05) is 6.42 Å². The van der Waals surface area contributed by atoms with Crippen molar-refractivity contribution in [3.8, 4) is 0 Å². The third kappa shape index (κ3) is 4.91. The number of rotatable bonds is 8. The highest BCUT2D eigenvalue weighted by molar-refractivity contribution is 6.17. The van der Waals surface area contributed by atoms with Crippen LogP contribution in [-0.4, -0.2) is 24.0 Å². The highest BCUT2D eigenvalue weighted by atomic mass is 35.5. The van der Waals surface area contributed by atoms with E-state index in [2.05, 4.69) is 19.2 Å². The molecule has 4 fully saturated rings. The average molecular weight is 494 g/mol. The quantitative estimate of drug-likeness (QED) is 0.290. The third-order valence-electron chi connectivity index (χ3n) is 11.2. The van der Waals surface area contributed by atoms with Crippen molar-refractivity contribution in [3.63, 3.8) is 0 Å². The van der Waals surface area contributed by atoms with Gasteiger partial charge in [-0.05, 0) is 111 Å². The molecule has 0 radical (unpaired) electrons. The fourth-order valence-corrected chi connectivity index (χ4v) is 9.38. The standard InChI is InChI=1S/C29H48ClNO3/c1-19(2)26(27(33)34-18-30)31-25(32)10-7-9-21-12-14-23-22-13-11-20-8-5-6-16-28(20,3)24(22)15-17-29(21,23)4/h19-24,26H,5-18H2,1-4H3,(H,31,32)/t20-,21?,22-,23?,24?,26?,28?,29?/m0/s1. The molecule has 0 aliphatic heterocycles. The highest BCUT2D eigenvalue weighted by Gasteiger charge is 2.59. The molecule has 4 rings (SSSR count). The van der Waals surface area contributed by atoms with Crippen molar-refractivity contribution >= 4 is 23.5 Å². The number of nitrogens with one attached hydrogen (secondary N) is 1. The van der Waals surface area contributed by atoms with Crippen LogP contribution >= 0.6 is 11.6 Å². The fraction of sp³-hybridized carbons (Fsp3) is 0.931. The SMILES string of the molecule is CC(C)C(NC(=O)CCCC1CCC2[C@@H]3CC[C@@H]4CCCCC4(C)C3CCC12C)C(=O)OCCl. The van der Waals surface area contributed by atoms with Gasteiger partial charge in [-0.2, -0.15) is 0 Å². The number of carbonyl (C=O) groups is 2. The third-order valence-corrected chi connectivity index (χ3v) is 11.3. The van der Waals surface area contributed by atoms with Gasteiger partial charge >= 0.3 is 5.97 Å². The summed E-state index contributed by atoms with van der Waals surface area (Å²) in [7, 11) is 0. The van der Waals surface area contributed by atoms with Crippen LogP contribution < -0.4 is 5.32 Å². The molecular weight excluding hydrogens is 446 g/mol. The van der Waals surface area contributed by atoms with Crippen LogP contribution in [0.1, 0.15) is 111 Å². The summed E-state index contributed by atoms with van der Waals surface area (Å²) >= 11 is 5.54. The van der Waals surface area contributed by atoms with Crippen molar-refractivity contribution in [3.05, 3.63) is 0 Å². The Morgan fingerprint density at radius 3 is 2.47 bits per heavy atom. The number of carbonyl (C=O) groups excluding carboxylic acids is 2. The topological polar surface area (TPSA) is 55.4 Å². The van der Waals surface area contributed by atoms with Crippen molar-refractivity contribution in [1.29, 1.82) is 0 Å². The first-order valence-corrected chi connectivity index (χ1v) is 14.8. The Kier molecular flexibility index (Phi) is 8.27. The van der Waals surface area contributed by atoms with E-state index in [1.54, 1.807) is 0 Å². The molecule has 4 aliphatic carbocycles. The Morgan fingerprint density at radius 1 is 0.971 bits per heavy atom. The van der Waals surface area contributed by atoms with Gasteiger partial charge in [-0.25, -0.2) is 4.79 Å². The Hall–Kier alpha value is -0.770. The summed E-state index contributed by atoms with van der Waals surface area (Å²) in [6.45, 7) is 9.08. The van der Waals surface area contributed by atoms with Gasteiger partial charge in [0.25, 0.3) is 0 Å². The molecule has 4 nitrogen and oxygen atoms in total. The van der Waals surface area contributed by atoms with Crippen LogP contribution in [0.5, 0.6) is 0 Å². The van der Waals surface area contributed by atoms with E-state index < -0.39 is 12.0 Å². The number of esters is 1. The number of hydrogen-bond donors (Lipinski definition) is 1. The lowest BCUT2D eigenvalue weighted by molar-refractivity contribution is -0.147. The minimum Gasteiger partial charge on any atom is -0.448 e. The van der Waals surface area contributed by atoms with Crippen molar-refractivity contribution in [2.75, 3.05) is 6.07 Å². The molecule has 0 aromatic heterocycles. The normalized spacial score (nSPS) is 40.1. The number of fused-ring (bicyclic) bond motifs is 5. The molecule has 0 aromatic carbocycles. The molecule has 34 heavy (non-hydrogen) atoms. The average Bonchev–Trinajstić information content (AvgIpc) is 3.13. The second-order valence-electron chi connectivity index (χ2n) is 13.0. The molecule has 1 N–H and O–H groups in total. The minimum absolute atomic E-state index is 0.0227. The van der Waals surface area contributed by atoms with E-state index in [-0.39, 0.29) is 17.9 Å². The van der Waals surface area contributed by atoms with Crippen LogP contribution in [-0.2, 0) is 14.3 Å². The first-order valence-electron chi connectivity index (χ1n) is 14.2. The largest absolute Gasteiger partial charge is 0.448 e.